The Morgan fingerprint density at radius 2 is 1.48 bits per heavy atom. The molecule has 3 heteroatoms. The van der Waals surface area contributed by atoms with Crippen molar-refractivity contribution in [3.8, 4) is 0 Å². The van der Waals surface area contributed by atoms with Crippen molar-refractivity contribution in [3.63, 3.8) is 0 Å². The van der Waals surface area contributed by atoms with E-state index in [1.807, 2.05) is 48.5 Å². The molecule has 0 N–H and O–H groups in total. The molecule has 0 saturated carbocycles. The van der Waals surface area contributed by atoms with E-state index in [0.717, 1.165) is 12.0 Å². The van der Waals surface area contributed by atoms with Crippen LogP contribution in [0, 0.1) is 0 Å². The number of carbonyl (C=O) groups is 1. The van der Waals surface area contributed by atoms with Crippen LogP contribution in [0.1, 0.15) is 44.4 Å². The monoisotopic (exact) mass is 354 g/mol. The van der Waals surface area contributed by atoms with Crippen molar-refractivity contribution in [2.24, 2.45) is 0 Å². The van der Waals surface area contributed by atoms with Gasteiger partial charge in [-0.15, -0.1) is 0 Å². The van der Waals surface area contributed by atoms with E-state index in [2.05, 4.69) is 46.0 Å². The first kappa shape index (κ1) is 19.6. The van der Waals surface area contributed by atoms with Crippen LogP contribution in [-0.2, 0) is 15.6 Å². The molecule has 2 aromatic carbocycles. The number of hydrogen-bond donors (Lipinski definition) is 0. The molecular formula is C22H30O2Si. The quantitative estimate of drug-likeness (QED) is 0.574. The summed E-state index contributed by atoms with van der Waals surface area (Å²) in [6, 6.07) is 20.1. The number of Topliss-reactive ketones (excluding diaryl/α,β-unsaturated/α-hetero) is 1. The Balaban J connectivity index is 2.18. The first-order chi connectivity index (χ1) is 11.7. The molecule has 2 nitrogen and oxygen atoms in total. The molecule has 0 aliphatic rings. The molecule has 2 rings (SSSR count). The molecule has 0 amide bonds. The van der Waals surface area contributed by atoms with Crippen molar-refractivity contribution in [2.75, 3.05) is 0 Å². The van der Waals surface area contributed by atoms with E-state index in [-0.39, 0.29) is 10.8 Å². The second-order valence-electron chi connectivity index (χ2n) is 8.12. The van der Waals surface area contributed by atoms with Gasteiger partial charge in [-0.05, 0) is 35.7 Å². The fraction of sp³-hybridized carbons (Fsp3) is 0.409. The second kappa shape index (κ2) is 8.11. The van der Waals surface area contributed by atoms with Crippen LogP contribution in [0.4, 0.5) is 0 Å². The lowest BCUT2D eigenvalue weighted by Crippen LogP contribution is -2.43. The van der Waals surface area contributed by atoms with Crippen molar-refractivity contribution in [2.45, 2.75) is 57.8 Å². The van der Waals surface area contributed by atoms with Gasteiger partial charge in [-0.25, -0.2) is 0 Å². The third-order valence-electron chi connectivity index (χ3n) is 5.12. The van der Waals surface area contributed by atoms with Gasteiger partial charge in [-0.3, -0.25) is 4.79 Å². The van der Waals surface area contributed by atoms with E-state index >= 15 is 0 Å². The molecule has 0 aliphatic carbocycles. The smallest absolute Gasteiger partial charge is 0.193 e. The van der Waals surface area contributed by atoms with Crippen molar-refractivity contribution in [1.29, 1.82) is 0 Å². The van der Waals surface area contributed by atoms with E-state index in [1.54, 1.807) is 0 Å². The van der Waals surface area contributed by atoms with Gasteiger partial charge in [0.05, 0.1) is 0 Å². The van der Waals surface area contributed by atoms with E-state index in [0.29, 0.717) is 6.42 Å². The number of ketones is 1. The van der Waals surface area contributed by atoms with Gasteiger partial charge in [-0.2, -0.15) is 0 Å². The maximum Gasteiger partial charge on any atom is 0.193 e. The van der Waals surface area contributed by atoms with Crippen molar-refractivity contribution in [1.82, 2.24) is 0 Å². The van der Waals surface area contributed by atoms with Crippen LogP contribution >= 0.6 is 0 Å². The Labute approximate surface area is 153 Å². The average molecular weight is 355 g/mol. The highest BCUT2D eigenvalue weighted by Crippen LogP contribution is 2.40. The van der Waals surface area contributed by atoms with Crippen LogP contribution in [0.3, 0.4) is 0 Å². The van der Waals surface area contributed by atoms with Gasteiger partial charge in [0, 0.05) is 6.42 Å². The summed E-state index contributed by atoms with van der Waals surface area (Å²) in [4.78, 5) is 13.0. The minimum atomic E-state index is -2.04. The van der Waals surface area contributed by atoms with Gasteiger partial charge in [0.25, 0.3) is 0 Å². The fourth-order valence-corrected chi connectivity index (χ4v) is 3.67. The van der Waals surface area contributed by atoms with Crippen molar-refractivity contribution in [3.05, 3.63) is 71.8 Å². The highest BCUT2D eigenvalue weighted by atomic mass is 28.4. The molecule has 0 heterocycles. The summed E-state index contributed by atoms with van der Waals surface area (Å²) in [5.74, 6) is 0.167. The number of benzene rings is 2. The third kappa shape index (κ3) is 5.38. The lowest BCUT2D eigenvalue weighted by molar-refractivity contribution is -0.126. The zero-order chi connectivity index (χ0) is 18.5. The Kier molecular flexibility index (Phi) is 6.36. The molecule has 0 fully saturated rings. The fourth-order valence-electron chi connectivity index (χ4n) is 2.46. The van der Waals surface area contributed by atoms with Crippen LogP contribution < -0.4 is 0 Å². The van der Waals surface area contributed by atoms with Crippen molar-refractivity contribution < 1.29 is 9.22 Å². The number of rotatable bonds is 7. The summed E-state index contributed by atoms with van der Waals surface area (Å²) < 4.78 is 6.53. The third-order valence-corrected chi connectivity index (χ3v) is 9.55. The van der Waals surface area contributed by atoms with Gasteiger partial charge in [-0.1, -0.05) is 81.4 Å². The lowest BCUT2D eigenvalue weighted by Gasteiger charge is -2.39. The SMILES string of the molecule is CC(C)(C)[Si](C)(C)O[C@H](C(=O)CCc1ccccc1)c1ccccc1. The zero-order valence-corrected chi connectivity index (χ0v) is 17.1. The topological polar surface area (TPSA) is 26.3 Å². The van der Waals surface area contributed by atoms with Gasteiger partial charge in [0.15, 0.2) is 14.1 Å². The Morgan fingerprint density at radius 3 is 2.00 bits per heavy atom. The summed E-state index contributed by atoms with van der Waals surface area (Å²) in [5.41, 5.74) is 2.15. The average Bonchev–Trinajstić information content (AvgIpc) is 2.58. The molecule has 0 aromatic heterocycles. The molecule has 2 aromatic rings. The molecule has 25 heavy (non-hydrogen) atoms. The van der Waals surface area contributed by atoms with E-state index in [9.17, 15) is 4.79 Å². The molecule has 1 atom stereocenters. The van der Waals surface area contributed by atoms with Crippen LogP contribution in [0.2, 0.25) is 18.1 Å². The number of aryl methyl sites for hydroxylation is 1. The maximum atomic E-state index is 13.0. The molecule has 0 bridgehead atoms. The Hall–Kier alpha value is -1.71. The largest absolute Gasteiger partial charge is 0.403 e. The minimum absolute atomic E-state index is 0.0692. The predicted molar refractivity (Wildman–Crippen MR) is 107 cm³/mol. The van der Waals surface area contributed by atoms with Crippen LogP contribution in [0.15, 0.2) is 60.7 Å². The summed E-state index contributed by atoms with van der Waals surface area (Å²) in [6.07, 6.45) is 0.785. The molecule has 0 aliphatic heterocycles. The van der Waals surface area contributed by atoms with Gasteiger partial charge >= 0.3 is 0 Å². The second-order valence-corrected chi connectivity index (χ2v) is 12.9. The van der Waals surface area contributed by atoms with Gasteiger partial charge < -0.3 is 4.43 Å². The Bertz CT molecular complexity index is 672. The zero-order valence-electron chi connectivity index (χ0n) is 16.1. The van der Waals surface area contributed by atoms with Crippen LogP contribution in [0.5, 0.6) is 0 Å². The maximum absolute atomic E-state index is 13.0. The lowest BCUT2D eigenvalue weighted by atomic mass is 10.0. The Morgan fingerprint density at radius 1 is 0.960 bits per heavy atom. The summed E-state index contributed by atoms with van der Waals surface area (Å²) in [7, 11) is -2.04. The molecule has 134 valence electrons. The highest BCUT2D eigenvalue weighted by molar-refractivity contribution is 6.74. The van der Waals surface area contributed by atoms with Crippen molar-refractivity contribution >= 4 is 14.1 Å². The normalized spacial score (nSPS) is 13.5. The molecule has 0 saturated heterocycles. The van der Waals surface area contributed by atoms with E-state index in [4.69, 9.17) is 4.43 Å². The molecule has 0 radical (unpaired) electrons. The minimum Gasteiger partial charge on any atom is -0.403 e. The number of hydrogen-bond acceptors (Lipinski definition) is 2. The molecule has 0 unspecified atom stereocenters. The van der Waals surface area contributed by atoms with Crippen LogP contribution in [0.25, 0.3) is 0 Å². The van der Waals surface area contributed by atoms with Gasteiger partial charge in [0.2, 0.25) is 0 Å². The summed E-state index contributed by atoms with van der Waals surface area (Å²) in [6.45, 7) is 11.0. The molecular weight excluding hydrogens is 324 g/mol. The molecule has 0 spiro atoms. The standard InChI is InChI=1S/C22H30O2Si/c1-22(2,3)25(4,5)24-21(19-14-10-7-11-15-19)20(23)17-16-18-12-8-6-9-13-18/h6-15,21H,16-17H2,1-5H3/t21-/m0/s1. The first-order valence-corrected chi connectivity index (χ1v) is 11.9. The van der Waals surface area contributed by atoms with E-state index in [1.165, 1.54) is 5.56 Å². The number of carbonyl (C=O) groups excluding carboxylic acids is 1. The van der Waals surface area contributed by atoms with Crippen LogP contribution in [-0.4, -0.2) is 14.1 Å². The van der Waals surface area contributed by atoms with Gasteiger partial charge in [0.1, 0.15) is 6.10 Å². The summed E-state index contributed by atoms with van der Waals surface area (Å²) in [5, 5.41) is 0.0692. The summed E-state index contributed by atoms with van der Waals surface area (Å²) >= 11 is 0. The highest BCUT2D eigenvalue weighted by Gasteiger charge is 2.40. The first-order valence-electron chi connectivity index (χ1n) is 9.00. The predicted octanol–water partition coefficient (Wildman–Crippen LogP) is 5.95. The van der Waals surface area contributed by atoms with E-state index < -0.39 is 14.4 Å².